The Morgan fingerprint density at radius 1 is 1.17 bits per heavy atom. The summed E-state index contributed by atoms with van der Waals surface area (Å²) in [5, 5.41) is 1.98. The van der Waals surface area contributed by atoms with E-state index in [9.17, 15) is 9.59 Å². The van der Waals surface area contributed by atoms with Crippen LogP contribution in [0.3, 0.4) is 0 Å². The highest BCUT2D eigenvalue weighted by Gasteiger charge is 2.12. The zero-order valence-electron chi connectivity index (χ0n) is 10.4. The lowest BCUT2D eigenvalue weighted by Gasteiger charge is -2.11. The SMILES string of the molecule is CCOc1ccc(C(=O)NC(N)=O)cc1OCC. The lowest BCUT2D eigenvalue weighted by atomic mass is 10.2. The molecular formula is C12H16N2O4. The van der Waals surface area contributed by atoms with Crippen molar-refractivity contribution in [1.29, 1.82) is 0 Å². The highest BCUT2D eigenvalue weighted by Crippen LogP contribution is 2.28. The summed E-state index contributed by atoms with van der Waals surface area (Å²) in [6, 6.07) is 3.76. The number of hydrogen-bond acceptors (Lipinski definition) is 4. The Morgan fingerprint density at radius 3 is 2.33 bits per heavy atom. The largest absolute Gasteiger partial charge is 0.490 e. The molecule has 0 fully saturated rings. The van der Waals surface area contributed by atoms with Crippen LogP contribution in [-0.4, -0.2) is 25.2 Å². The van der Waals surface area contributed by atoms with Gasteiger partial charge in [-0.1, -0.05) is 0 Å². The minimum Gasteiger partial charge on any atom is -0.490 e. The van der Waals surface area contributed by atoms with Crippen LogP contribution in [0.2, 0.25) is 0 Å². The number of rotatable bonds is 5. The first-order valence-corrected chi connectivity index (χ1v) is 5.58. The van der Waals surface area contributed by atoms with Crippen molar-refractivity contribution in [3.05, 3.63) is 23.8 Å². The molecule has 3 N–H and O–H groups in total. The van der Waals surface area contributed by atoms with Gasteiger partial charge in [0.2, 0.25) is 0 Å². The molecule has 0 saturated heterocycles. The first-order chi connectivity index (χ1) is 8.58. The van der Waals surface area contributed by atoms with E-state index >= 15 is 0 Å². The summed E-state index contributed by atoms with van der Waals surface area (Å²) in [5.41, 5.74) is 5.16. The number of amides is 3. The maximum atomic E-state index is 11.6. The van der Waals surface area contributed by atoms with Crippen LogP contribution in [0.15, 0.2) is 18.2 Å². The maximum absolute atomic E-state index is 11.6. The molecule has 0 spiro atoms. The molecule has 0 aliphatic heterocycles. The van der Waals surface area contributed by atoms with Gasteiger partial charge in [0.1, 0.15) is 0 Å². The fraction of sp³-hybridized carbons (Fsp3) is 0.333. The van der Waals surface area contributed by atoms with Crippen LogP contribution < -0.4 is 20.5 Å². The van der Waals surface area contributed by atoms with Crippen molar-refractivity contribution in [3.8, 4) is 11.5 Å². The van der Waals surface area contributed by atoms with Crippen molar-refractivity contribution in [3.63, 3.8) is 0 Å². The van der Waals surface area contributed by atoms with Gasteiger partial charge in [0, 0.05) is 5.56 Å². The Labute approximate surface area is 105 Å². The van der Waals surface area contributed by atoms with Crippen LogP contribution in [-0.2, 0) is 0 Å². The summed E-state index contributed by atoms with van der Waals surface area (Å²) in [4.78, 5) is 22.2. The summed E-state index contributed by atoms with van der Waals surface area (Å²) in [7, 11) is 0. The molecule has 0 aliphatic carbocycles. The van der Waals surface area contributed by atoms with Crippen LogP contribution >= 0.6 is 0 Å². The molecule has 3 amide bonds. The third-order valence-corrected chi connectivity index (χ3v) is 2.04. The Balaban J connectivity index is 2.98. The second-order valence-corrected chi connectivity index (χ2v) is 3.35. The summed E-state index contributed by atoms with van der Waals surface area (Å²) < 4.78 is 10.7. The summed E-state index contributed by atoms with van der Waals surface area (Å²) in [6.07, 6.45) is 0. The summed E-state index contributed by atoms with van der Waals surface area (Å²) in [5.74, 6) is 0.429. The minimum atomic E-state index is -0.896. The van der Waals surface area contributed by atoms with Gasteiger partial charge in [0.25, 0.3) is 5.91 Å². The van der Waals surface area contributed by atoms with E-state index in [-0.39, 0.29) is 5.56 Å². The zero-order valence-corrected chi connectivity index (χ0v) is 10.4. The Bertz CT molecular complexity index is 446. The Kier molecular flexibility index (Phi) is 4.98. The molecule has 18 heavy (non-hydrogen) atoms. The van der Waals surface area contributed by atoms with E-state index in [1.165, 1.54) is 12.1 Å². The van der Waals surface area contributed by atoms with Gasteiger partial charge in [0.15, 0.2) is 11.5 Å². The van der Waals surface area contributed by atoms with Crippen molar-refractivity contribution in [1.82, 2.24) is 5.32 Å². The van der Waals surface area contributed by atoms with Gasteiger partial charge < -0.3 is 15.2 Å². The quantitative estimate of drug-likeness (QED) is 0.826. The fourth-order valence-corrected chi connectivity index (χ4v) is 1.38. The highest BCUT2D eigenvalue weighted by atomic mass is 16.5. The standard InChI is InChI=1S/C12H16N2O4/c1-3-17-9-6-5-8(7-10(9)18-4-2)11(15)14-12(13)16/h5-7H,3-4H2,1-2H3,(H3,13,14,15,16). The molecule has 1 aromatic carbocycles. The first kappa shape index (κ1) is 13.8. The molecule has 0 bridgehead atoms. The van der Waals surface area contributed by atoms with Crippen molar-refractivity contribution in [2.24, 2.45) is 5.73 Å². The van der Waals surface area contributed by atoms with Crippen LogP contribution in [0.25, 0.3) is 0 Å². The van der Waals surface area contributed by atoms with E-state index in [2.05, 4.69) is 0 Å². The molecule has 6 nitrogen and oxygen atoms in total. The molecule has 98 valence electrons. The number of imide groups is 1. The molecule has 6 heteroatoms. The van der Waals surface area contributed by atoms with Crippen LogP contribution in [0.4, 0.5) is 4.79 Å². The number of urea groups is 1. The second-order valence-electron chi connectivity index (χ2n) is 3.35. The van der Waals surface area contributed by atoms with Gasteiger partial charge in [-0.3, -0.25) is 10.1 Å². The van der Waals surface area contributed by atoms with Crippen molar-refractivity contribution in [2.75, 3.05) is 13.2 Å². The molecule has 1 aromatic rings. The third-order valence-electron chi connectivity index (χ3n) is 2.04. The topological polar surface area (TPSA) is 90.6 Å². The van der Waals surface area contributed by atoms with Gasteiger partial charge in [-0.05, 0) is 32.0 Å². The van der Waals surface area contributed by atoms with Gasteiger partial charge in [-0.15, -0.1) is 0 Å². The van der Waals surface area contributed by atoms with E-state index in [1.54, 1.807) is 6.07 Å². The lowest BCUT2D eigenvalue weighted by Crippen LogP contribution is -2.34. The van der Waals surface area contributed by atoms with Gasteiger partial charge in [-0.2, -0.15) is 0 Å². The van der Waals surface area contributed by atoms with E-state index in [0.717, 1.165) is 0 Å². The van der Waals surface area contributed by atoms with Crippen LogP contribution in [0.1, 0.15) is 24.2 Å². The predicted molar refractivity (Wildman–Crippen MR) is 65.8 cm³/mol. The maximum Gasteiger partial charge on any atom is 0.319 e. The smallest absolute Gasteiger partial charge is 0.319 e. The van der Waals surface area contributed by atoms with Crippen LogP contribution in [0.5, 0.6) is 11.5 Å². The molecule has 0 atom stereocenters. The van der Waals surface area contributed by atoms with E-state index in [0.29, 0.717) is 24.7 Å². The van der Waals surface area contributed by atoms with Gasteiger partial charge in [-0.25, -0.2) is 4.79 Å². The molecule has 0 radical (unpaired) electrons. The first-order valence-electron chi connectivity index (χ1n) is 5.58. The summed E-state index contributed by atoms with van der Waals surface area (Å²) in [6.45, 7) is 4.61. The number of carbonyl (C=O) groups is 2. The zero-order chi connectivity index (χ0) is 13.5. The number of hydrogen-bond donors (Lipinski definition) is 2. The third kappa shape index (κ3) is 3.65. The molecule has 1 rings (SSSR count). The van der Waals surface area contributed by atoms with Crippen molar-refractivity contribution in [2.45, 2.75) is 13.8 Å². The normalized spacial score (nSPS) is 9.67. The minimum absolute atomic E-state index is 0.278. The monoisotopic (exact) mass is 252 g/mol. The van der Waals surface area contributed by atoms with Crippen molar-refractivity contribution >= 4 is 11.9 Å². The van der Waals surface area contributed by atoms with Gasteiger partial charge in [0.05, 0.1) is 13.2 Å². The highest BCUT2D eigenvalue weighted by molar-refractivity contribution is 6.04. The number of nitrogens with two attached hydrogens (primary N) is 1. The van der Waals surface area contributed by atoms with E-state index in [1.807, 2.05) is 19.2 Å². The Morgan fingerprint density at radius 2 is 1.78 bits per heavy atom. The number of primary amides is 1. The predicted octanol–water partition coefficient (Wildman–Crippen LogP) is 1.29. The number of carbonyl (C=O) groups excluding carboxylic acids is 2. The molecule has 0 aromatic heterocycles. The van der Waals surface area contributed by atoms with Crippen molar-refractivity contribution < 1.29 is 19.1 Å². The molecule has 0 aliphatic rings. The molecule has 0 heterocycles. The number of ether oxygens (including phenoxy) is 2. The van der Waals surface area contributed by atoms with Gasteiger partial charge >= 0.3 is 6.03 Å². The molecule has 0 saturated carbocycles. The molecular weight excluding hydrogens is 236 g/mol. The number of benzene rings is 1. The van der Waals surface area contributed by atoms with E-state index in [4.69, 9.17) is 15.2 Å². The van der Waals surface area contributed by atoms with E-state index < -0.39 is 11.9 Å². The molecule has 0 unspecified atom stereocenters. The summed E-state index contributed by atoms with van der Waals surface area (Å²) >= 11 is 0. The number of nitrogens with one attached hydrogen (secondary N) is 1. The Hall–Kier alpha value is -2.24. The lowest BCUT2D eigenvalue weighted by molar-refractivity contribution is 0.0965. The second kappa shape index (κ2) is 6.48. The average molecular weight is 252 g/mol. The average Bonchev–Trinajstić information content (AvgIpc) is 2.31. The fourth-order valence-electron chi connectivity index (χ4n) is 1.38. The van der Waals surface area contributed by atoms with Crippen LogP contribution in [0, 0.1) is 0 Å².